The number of aliphatic hydroxyl groups is 1. The summed E-state index contributed by atoms with van der Waals surface area (Å²) in [6.07, 6.45) is -0.446. The zero-order chi connectivity index (χ0) is 7.56. The molecule has 1 aliphatic rings. The van der Waals surface area contributed by atoms with E-state index in [2.05, 4.69) is 19.2 Å². The number of hydrogen-bond donors (Lipinski definition) is 2. The molecule has 10 heavy (non-hydrogen) atoms. The number of ether oxygens (including phenoxy) is 1. The first kappa shape index (κ1) is 7.98. The fourth-order valence-electron chi connectivity index (χ4n) is 0.797. The van der Waals surface area contributed by atoms with E-state index < -0.39 is 6.29 Å². The monoisotopic (exact) mass is 145 g/mol. The van der Waals surface area contributed by atoms with Crippen LogP contribution in [-0.2, 0) is 4.74 Å². The SMILES string of the molecule is CC(C)CNCC1OC1O. The Balaban J connectivity index is 1.87. The van der Waals surface area contributed by atoms with Gasteiger partial charge in [-0.05, 0) is 12.5 Å². The second kappa shape index (κ2) is 3.32. The molecule has 1 fully saturated rings. The number of nitrogens with one attached hydrogen (secondary N) is 1. The van der Waals surface area contributed by atoms with Crippen LogP contribution in [0.4, 0.5) is 0 Å². The minimum atomic E-state index is -0.500. The second-order valence-electron chi connectivity index (χ2n) is 3.12. The molecule has 2 atom stereocenters. The molecule has 2 N–H and O–H groups in total. The normalized spacial score (nSPS) is 31.2. The number of hydrogen-bond acceptors (Lipinski definition) is 3. The van der Waals surface area contributed by atoms with Gasteiger partial charge < -0.3 is 15.2 Å². The van der Waals surface area contributed by atoms with Crippen molar-refractivity contribution in [1.29, 1.82) is 0 Å². The van der Waals surface area contributed by atoms with Crippen LogP contribution < -0.4 is 5.32 Å². The first-order valence-electron chi connectivity index (χ1n) is 3.74. The maximum absolute atomic E-state index is 8.73. The Morgan fingerprint density at radius 1 is 1.60 bits per heavy atom. The van der Waals surface area contributed by atoms with E-state index in [1.807, 2.05) is 0 Å². The molecule has 0 radical (unpaired) electrons. The van der Waals surface area contributed by atoms with Gasteiger partial charge in [-0.25, -0.2) is 0 Å². The lowest BCUT2D eigenvalue weighted by Crippen LogP contribution is -2.24. The Morgan fingerprint density at radius 3 is 2.60 bits per heavy atom. The highest BCUT2D eigenvalue weighted by molar-refractivity contribution is 4.77. The summed E-state index contributed by atoms with van der Waals surface area (Å²) < 4.78 is 4.79. The Hall–Kier alpha value is -0.120. The van der Waals surface area contributed by atoms with Gasteiger partial charge in [0.2, 0.25) is 0 Å². The van der Waals surface area contributed by atoms with Gasteiger partial charge in [0.1, 0.15) is 6.10 Å². The molecule has 3 heteroatoms. The Labute approximate surface area is 61.4 Å². The van der Waals surface area contributed by atoms with Crippen LogP contribution in [0.5, 0.6) is 0 Å². The molecule has 0 aromatic carbocycles. The molecule has 2 unspecified atom stereocenters. The minimum absolute atomic E-state index is 0.0544. The van der Waals surface area contributed by atoms with E-state index in [1.54, 1.807) is 0 Å². The van der Waals surface area contributed by atoms with E-state index in [0.717, 1.165) is 13.1 Å². The first-order valence-corrected chi connectivity index (χ1v) is 3.74. The Morgan fingerprint density at radius 2 is 2.20 bits per heavy atom. The maximum Gasteiger partial charge on any atom is 0.183 e. The first-order chi connectivity index (χ1) is 4.70. The van der Waals surface area contributed by atoms with Crippen molar-refractivity contribution in [2.24, 2.45) is 5.92 Å². The topological polar surface area (TPSA) is 44.8 Å². The van der Waals surface area contributed by atoms with Gasteiger partial charge in [0.05, 0.1) is 0 Å². The van der Waals surface area contributed by atoms with Crippen molar-refractivity contribution in [2.45, 2.75) is 26.2 Å². The molecule has 0 aromatic heterocycles. The number of aliphatic hydroxyl groups excluding tert-OH is 1. The fraction of sp³-hybridized carbons (Fsp3) is 1.00. The van der Waals surface area contributed by atoms with E-state index in [0.29, 0.717) is 5.92 Å². The summed E-state index contributed by atoms with van der Waals surface area (Å²) in [5, 5.41) is 11.9. The van der Waals surface area contributed by atoms with Crippen LogP contribution in [0.25, 0.3) is 0 Å². The van der Waals surface area contributed by atoms with Gasteiger partial charge in [-0.1, -0.05) is 13.8 Å². The molecule has 0 saturated carbocycles. The fourth-order valence-corrected chi connectivity index (χ4v) is 0.797. The number of epoxide rings is 1. The minimum Gasteiger partial charge on any atom is -0.366 e. The van der Waals surface area contributed by atoms with E-state index in [-0.39, 0.29) is 6.10 Å². The number of rotatable bonds is 4. The van der Waals surface area contributed by atoms with E-state index in [9.17, 15) is 0 Å². The Kier molecular flexibility index (Phi) is 2.65. The van der Waals surface area contributed by atoms with Crippen LogP contribution in [-0.4, -0.2) is 30.6 Å². The van der Waals surface area contributed by atoms with Gasteiger partial charge in [0.15, 0.2) is 6.29 Å². The highest BCUT2D eigenvalue weighted by atomic mass is 16.7. The van der Waals surface area contributed by atoms with Crippen molar-refractivity contribution in [3.63, 3.8) is 0 Å². The molecule has 0 spiro atoms. The molecule has 0 aromatic rings. The molecule has 0 bridgehead atoms. The Bertz CT molecular complexity index is 106. The van der Waals surface area contributed by atoms with Crippen molar-refractivity contribution >= 4 is 0 Å². The third-order valence-corrected chi connectivity index (χ3v) is 1.45. The molecule has 1 aliphatic heterocycles. The zero-order valence-electron chi connectivity index (χ0n) is 6.50. The summed E-state index contributed by atoms with van der Waals surface area (Å²) in [6.45, 7) is 6.07. The molecule has 0 aliphatic carbocycles. The summed E-state index contributed by atoms with van der Waals surface area (Å²) in [7, 11) is 0. The van der Waals surface area contributed by atoms with Gasteiger partial charge in [-0.15, -0.1) is 0 Å². The molecule has 3 nitrogen and oxygen atoms in total. The van der Waals surface area contributed by atoms with Crippen molar-refractivity contribution in [3.8, 4) is 0 Å². The predicted molar refractivity (Wildman–Crippen MR) is 38.6 cm³/mol. The second-order valence-corrected chi connectivity index (χ2v) is 3.12. The lowest BCUT2D eigenvalue weighted by atomic mass is 10.2. The highest BCUT2D eigenvalue weighted by Gasteiger charge is 2.35. The third-order valence-electron chi connectivity index (χ3n) is 1.45. The highest BCUT2D eigenvalue weighted by Crippen LogP contribution is 2.16. The van der Waals surface area contributed by atoms with Gasteiger partial charge in [-0.2, -0.15) is 0 Å². The average molecular weight is 145 g/mol. The zero-order valence-corrected chi connectivity index (χ0v) is 6.50. The quantitative estimate of drug-likeness (QED) is 0.545. The van der Waals surface area contributed by atoms with Gasteiger partial charge in [0, 0.05) is 6.54 Å². The van der Waals surface area contributed by atoms with E-state index >= 15 is 0 Å². The average Bonchev–Trinajstić information content (AvgIpc) is 2.46. The molecule has 0 amide bonds. The van der Waals surface area contributed by atoms with Gasteiger partial charge >= 0.3 is 0 Å². The molecular weight excluding hydrogens is 130 g/mol. The van der Waals surface area contributed by atoms with Gasteiger partial charge in [-0.3, -0.25) is 0 Å². The molecule has 1 rings (SSSR count). The van der Waals surface area contributed by atoms with Crippen LogP contribution in [0.3, 0.4) is 0 Å². The van der Waals surface area contributed by atoms with Crippen molar-refractivity contribution < 1.29 is 9.84 Å². The van der Waals surface area contributed by atoms with Crippen LogP contribution >= 0.6 is 0 Å². The van der Waals surface area contributed by atoms with Gasteiger partial charge in [0.25, 0.3) is 0 Å². The van der Waals surface area contributed by atoms with Crippen molar-refractivity contribution in [3.05, 3.63) is 0 Å². The molecule has 1 heterocycles. The van der Waals surface area contributed by atoms with Crippen LogP contribution in [0.2, 0.25) is 0 Å². The summed E-state index contributed by atoms with van der Waals surface area (Å²) >= 11 is 0. The largest absolute Gasteiger partial charge is 0.366 e. The third kappa shape index (κ3) is 2.64. The molecular formula is C7H15NO2. The van der Waals surface area contributed by atoms with Crippen LogP contribution in [0.15, 0.2) is 0 Å². The molecule has 1 saturated heterocycles. The summed E-state index contributed by atoms with van der Waals surface area (Å²) in [5.74, 6) is 0.663. The predicted octanol–water partition coefficient (Wildman–Crippen LogP) is -0.0508. The smallest absolute Gasteiger partial charge is 0.183 e. The van der Waals surface area contributed by atoms with E-state index in [4.69, 9.17) is 9.84 Å². The van der Waals surface area contributed by atoms with Crippen LogP contribution in [0, 0.1) is 5.92 Å². The summed E-state index contributed by atoms with van der Waals surface area (Å²) in [4.78, 5) is 0. The van der Waals surface area contributed by atoms with Crippen molar-refractivity contribution in [2.75, 3.05) is 13.1 Å². The standard InChI is InChI=1S/C7H15NO2/c1-5(2)3-8-4-6-7(9)10-6/h5-9H,3-4H2,1-2H3. The summed E-state index contributed by atoms with van der Waals surface area (Å²) in [5.41, 5.74) is 0. The van der Waals surface area contributed by atoms with Crippen LogP contribution in [0.1, 0.15) is 13.8 Å². The molecule has 60 valence electrons. The lowest BCUT2D eigenvalue weighted by molar-refractivity contribution is 0.156. The maximum atomic E-state index is 8.73. The van der Waals surface area contributed by atoms with E-state index in [1.165, 1.54) is 0 Å². The van der Waals surface area contributed by atoms with Crippen molar-refractivity contribution in [1.82, 2.24) is 5.32 Å². The lowest BCUT2D eigenvalue weighted by Gasteiger charge is -2.03. The summed E-state index contributed by atoms with van der Waals surface area (Å²) in [6, 6.07) is 0.